The van der Waals surface area contributed by atoms with Crippen LogP contribution in [0.15, 0.2) is 24.5 Å². The van der Waals surface area contributed by atoms with Gasteiger partial charge >= 0.3 is 0 Å². The molecule has 1 aromatic heterocycles. The van der Waals surface area contributed by atoms with Gasteiger partial charge in [0.25, 0.3) is 0 Å². The van der Waals surface area contributed by atoms with Gasteiger partial charge < -0.3 is 10.1 Å². The van der Waals surface area contributed by atoms with Gasteiger partial charge in [-0.2, -0.15) is 0 Å². The Hall–Kier alpha value is -1.85. The Kier molecular flexibility index (Phi) is 7.47. The second-order valence-corrected chi connectivity index (χ2v) is 6.58. The zero-order valence-electron chi connectivity index (χ0n) is 14.3. The van der Waals surface area contributed by atoms with Crippen molar-refractivity contribution in [1.29, 1.82) is 0 Å². The molecule has 1 N–H and O–H groups in total. The first-order valence-corrected chi connectivity index (χ1v) is 8.78. The van der Waals surface area contributed by atoms with Crippen molar-refractivity contribution in [1.82, 2.24) is 15.3 Å². The van der Waals surface area contributed by atoms with Crippen molar-refractivity contribution >= 4 is 29.6 Å². The average Bonchev–Trinajstić information content (AvgIpc) is 3.42. The summed E-state index contributed by atoms with van der Waals surface area (Å²) in [6.45, 7) is 2.02. The molecule has 0 spiro atoms. The lowest BCUT2D eigenvalue weighted by molar-refractivity contribution is -0.109. The molecule has 25 heavy (non-hydrogen) atoms. The Balaban J connectivity index is 0.000000316. The van der Waals surface area contributed by atoms with Crippen LogP contribution in [0.2, 0.25) is 10.3 Å². The van der Waals surface area contributed by atoms with E-state index < -0.39 is 0 Å². The molecule has 1 aliphatic carbocycles. The van der Waals surface area contributed by atoms with Gasteiger partial charge in [0.15, 0.2) is 0 Å². The molecule has 1 aromatic carbocycles. The Labute approximate surface area is 157 Å². The van der Waals surface area contributed by atoms with Crippen LogP contribution >= 0.6 is 23.2 Å². The molecule has 1 saturated carbocycles. The zero-order valence-corrected chi connectivity index (χ0v) is 15.8. The smallest absolute Gasteiger partial charge is 0.222 e. The van der Waals surface area contributed by atoms with E-state index in [2.05, 4.69) is 21.4 Å². The van der Waals surface area contributed by atoms with Crippen LogP contribution < -0.4 is 10.1 Å². The number of halogens is 2. The molecule has 0 radical (unpaired) electrons. The number of methoxy groups -OCH3 is 1. The van der Waals surface area contributed by atoms with Gasteiger partial charge in [-0.1, -0.05) is 17.7 Å². The minimum Gasteiger partial charge on any atom is -0.495 e. The van der Waals surface area contributed by atoms with Crippen molar-refractivity contribution in [3.63, 3.8) is 0 Å². The Morgan fingerprint density at radius 3 is 2.44 bits per heavy atom. The van der Waals surface area contributed by atoms with Crippen LogP contribution in [0.3, 0.4) is 0 Å². The quantitative estimate of drug-likeness (QED) is 0.610. The fourth-order valence-electron chi connectivity index (χ4n) is 2.23. The van der Waals surface area contributed by atoms with E-state index in [1.54, 1.807) is 19.5 Å². The minimum absolute atomic E-state index is 0.263. The SMILES string of the molecule is COc1cc(C)cc(CCc2cnc(Cl)nc2)c1Cl.O=CNC1CC1. The van der Waals surface area contributed by atoms with Gasteiger partial charge in [0.2, 0.25) is 11.7 Å². The Morgan fingerprint density at radius 1 is 1.24 bits per heavy atom. The summed E-state index contributed by atoms with van der Waals surface area (Å²) in [6.07, 6.45) is 8.20. The van der Waals surface area contributed by atoms with Crippen molar-refractivity contribution in [2.45, 2.75) is 38.6 Å². The highest BCUT2D eigenvalue weighted by atomic mass is 35.5. The maximum Gasteiger partial charge on any atom is 0.222 e. The first kappa shape index (κ1) is 19.5. The maximum atomic E-state index is 9.54. The van der Waals surface area contributed by atoms with Gasteiger partial charge in [-0.3, -0.25) is 4.79 Å². The number of amides is 1. The molecular weight excluding hydrogens is 361 g/mol. The minimum atomic E-state index is 0.263. The van der Waals surface area contributed by atoms with Gasteiger partial charge in [0.1, 0.15) is 5.75 Å². The molecule has 3 rings (SSSR count). The molecule has 1 aliphatic rings. The van der Waals surface area contributed by atoms with Crippen LogP contribution in [-0.4, -0.2) is 29.5 Å². The third-order valence-corrected chi connectivity index (χ3v) is 4.34. The number of nitrogens with one attached hydrogen (secondary N) is 1. The highest BCUT2D eigenvalue weighted by Gasteiger charge is 2.18. The van der Waals surface area contributed by atoms with Gasteiger partial charge in [0, 0.05) is 18.4 Å². The van der Waals surface area contributed by atoms with Gasteiger partial charge in [-0.15, -0.1) is 0 Å². The molecule has 1 heterocycles. The number of hydrogen-bond acceptors (Lipinski definition) is 4. The van der Waals surface area contributed by atoms with Crippen LogP contribution in [0.4, 0.5) is 0 Å². The third-order valence-electron chi connectivity index (χ3n) is 3.72. The molecule has 0 saturated heterocycles. The monoisotopic (exact) mass is 381 g/mol. The van der Waals surface area contributed by atoms with Crippen LogP contribution in [-0.2, 0) is 17.6 Å². The van der Waals surface area contributed by atoms with E-state index in [-0.39, 0.29) is 5.28 Å². The summed E-state index contributed by atoms with van der Waals surface area (Å²) in [5.41, 5.74) is 3.22. The van der Waals surface area contributed by atoms with Crippen LogP contribution in [0, 0.1) is 6.92 Å². The molecule has 0 atom stereocenters. The molecule has 1 amide bonds. The van der Waals surface area contributed by atoms with Crippen molar-refractivity contribution < 1.29 is 9.53 Å². The Bertz CT molecular complexity index is 704. The fraction of sp³-hybridized carbons (Fsp3) is 0.389. The van der Waals surface area contributed by atoms with E-state index in [0.29, 0.717) is 16.8 Å². The number of aryl methyl sites for hydroxylation is 3. The van der Waals surface area contributed by atoms with Gasteiger partial charge in [0.05, 0.1) is 12.1 Å². The molecule has 134 valence electrons. The lowest BCUT2D eigenvalue weighted by Gasteiger charge is -2.10. The molecule has 0 aliphatic heterocycles. The van der Waals surface area contributed by atoms with E-state index >= 15 is 0 Å². The molecule has 2 aromatic rings. The second-order valence-electron chi connectivity index (χ2n) is 5.86. The molecule has 7 heteroatoms. The molecule has 1 fully saturated rings. The highest BCUT2D eigenvalue weighted by molar-refractivity contribution is 6.32. The largest absolute Gasteiger partial charge is 0.495 e. The van der Waals surface area contributed by atoms with E-state index in [1.165, 1.54) is 12.8 Å². The van der Waals surface area contributed by atoms with Gasteiger partial charge in [-0.05, 0) is 67.0 Å². The van der Waals surface area contributed by atoms with Crippen LogP contribution in [0.1, 0.15) is 29.5 Å². The molecule has 5 nitrogen and oxygen atoms in total. The lowest BCUT2D eigenvalue weighted by atomic mass is 10.0. The topological polar surface area (TPSA) is 64.1 Å². The number of aromatic nitrogens is 2. The summed E-state index contributed by atoms with van der Waals surface area (Å²) >= 11 is 11.9. The van der Waals surface area contributed by atoms with E-state index in [4.69, 9.17) is 27.9 Å². The van der Waals surface area contributed by atoms with Crippen molar-refractivity contribution in [2.75, 3.05) is 7.11 Å². The maximum absolute atomic E-state index is 9.54. The zero-order chi connectivity index (χ0) is 18.2. The summed E-state index contributed by atoms with van der Waals surface area (Å²) in [5.74, 6) is 0.712. The van der Waals surface area contributed by atoms with Crippen molar-refractivity contribution in [2.24, 2.45) is 0 Å². The third kappa shape index (κ3) is 6.52. The predicted molar refractivity (Wildman–Crippen MR) is 99.4 cm³/mol. The Morgan fingerprint density at radius 2 is 1.92 bits per heavy atom. The first-order valence-electron chi connectivity index (χ1n) is 8.02. The normalized spacial score (nSPS) is 12.8. The summed E-state index contributed by atoms with van der Waals surface area (Å²) in [4.78, 5) is 17.5. The number of carbonyl (C=O) groups is 1. The summed E-state index contributed by atoms with van der Waals surface area (Å²) in [5, 5.41) is 3.57. The average molecular weight is 382 g/mol. The standard InChI is InChI=1S/C14H14Cl2N2O.C4H7NO/c1-9-5-11(13(15)12(6-9)19-2)4-3-10-7-17-14(16)18-8-10;6-3-5-4-1-2-4/h5-8H,3-4H2,1-2H3;3-4H,1-2H2,(H,5,6). The highest BCUT2D eigenvalue weighted by Crippen LogP contribution is 2.30. The number of ether oxygens (including phenoxy) is 1. The number of carbonyl (C=O) groups excluding carboxylic acids is 1. The number of rotatable bonds is 6. The number of nitrogens with zero attached hydrogens (tertiary/aromatic N) is 2. The predicted octanol–water partition coefficient (Wildman–Crippen LogP) is 3.78. The van der Waals surface area contributed by atoms with E-state index in [1.807, 2.05) is 13.0 Å². The van der Waals surface area contributed by atoms with Crippen LogP contribution in [0.25, 0.3) is 0 Å². The summed E-state index contributed by atoms with van der Waals surface area (Å²) in [6, 6.07) is 4.53. The fourth-order valence-corrected chi connectivity index (χ4v) is 2.61. The first-order chi connectivity index (χ1) is 12.0. The summed E-state index contributed by atoms with van der Waals surface area (Å²) in [7, 11) is 1.62. The van der Waals surface area contributed by atoms with E-state index in [0.717, 1.165) is 35.9 Å². The molecule has 0 bridgehead atoms. The van der Waals surface area contributed by atoms with Crippen molar-refractivity contribution in [3.05, 3.63) is 51.5 Å². The van der Waals surface area contributed by atoms with Crippen molar-refractivity contribution in [3.8, 4) is 5.75 Å². The molecular formula is C18H21Cl2N3O2. The lowest BCUT2D eigenvalue weighted by Crippen LogP contribution is -2.11. The van der Waals surface area contributed by atoms with E-state index in [9.17, 15) is 4.79 Å². The van der Waals surface area contributed by atoms with Crippen LogP contribution in [0.5, 0.6) is 5.75 Å². The summed E-state index contributed by atoms with van der Waals surface area (Å²) < 4.78 is 5.26. The van der Waals surface area contributed by atoms with Gasteiger partial charge in [-0.25, -0.2) is 9.97 Å². The number of benzene rings is 1. The number of hydrogen-bond donors (Lipinski definition) is 1. The molecule has 0 unspecified atom stereocenters. The second kappa shape index (κ2) is 9.59.